The molecule has 0 aromatic rings. The Morgan fingerprint density at radius 3 is 0.273 bits per heavy atom. The average Bonchev–Trinajstić information content (AvgIpc) is 2.97. The van der Waals surface area contributed by atoms with Crippen molar-refractivity contribution >= 4 is 49.6 Å². The first-order valence-corrected chi connectivity index (χ1v) is 19.7. The molecule has 0 nitrogen and oxygen atoms in total. The topological polar surface area (TPSA) is 0 Å². The Bertz CT molecular complexity index is 243. The number of halogens is 4. The lowest BCUT2D eigenvalue weighted by Gasteiger charge is -1.97. The highest BCUT2D eigenvalue weighted by Crippen LogP contribution is 2.10. The molecule has 280 valence electrons. The van der Waals surface area contributed by atoms with E-state index in [2.05, 4.69) is 55.4 Å². The fourth-order valence-corrected chi connectivity index (χ4v) is 4.83. The van der Waals surface area contributed by atoms with Crippen molar-refractivity contribution in [3.8, 4) is 0 Å². The second-order valence-electron chi connectivity index (χ2n) is 12.5. The van der Waals surface area contributed by atoms with Crippen molar-refractivity contribution in [3.05, 3.63) is 0 Å². The van der Waals surface area contributed by atoms with Crippen molar-refractivity contribution in [2.24, 2.45) is 0 Å². The van der Waals surface area contributed by atoms with Gasteiger partial charge in [-0.1, -0.05) is 261 Å². The van der Waals surface area contributed by atoms with Gasteiger partial charge >= 0.3 is 0 Å². The summed E-state index contributed by atoms with van der Waals surface area (Å²) in [6.07, 6.45) is 45.8. The summed E-state index contributed by atoms with van der Waals surface area (Å²) in [7, 11) is 0. The Labute approximate surface area is 309 Å². The Hall–Kier alpha value is 1.16. The molecule has 0 rings (SSSR count). The fourth-order valence-electron chi connectivity index (χ4n) is 4.83. The van der Waals surface area contributed by atoms with Crippen LogP contribution in [0.5, 0.6) is 0 Å². The minimum atomic E-state index is 0. The smallest absolute Gasteiger partial charge is 0.0533 e. The molecule has 0 saturated heterocycles. The first-order valence-electron chi connectivity index (χ1n) is 19.7. The predicted molar refractivity (Wildman–Crippen MR) is 222 cm³/mol. The Morgan fingerprint density at radius 2 is 0.205 bits per heavy atom. The zero-order chi connectivity index (χ0) is 30.6. The van der Waals surface area contributed by atoms with Gasteiger partial charge in [0, 0.05) is 0 Å². The van der Waals surface area contributed by atoms with E-state index in [1.165, 1.54) is 205 Å². The maximum atomic E-state index is 2.27. The summed E-state index contributed by atoms with van der Waals surface area (Å²) >= 11 is 0. The van der Waals surface area contributed by atoms with Crippen LogP contribution in [0.4, 0.5) is 0 Å². The molecule has 0 N–H and O–H groups in total. The van der Waals surface area contributed by atoms with Gasteiger partial charge < -0.3 is 0 Å². The Balaban J connectivity index is -0.0000000635. The van der Waals surface area contributed by atoms with Crippen LogP contribution in [0.25, 0.3) is 0 Å². The molecule has 0 unspecified atom stereocenters. The van der Waals surface area contributed by atoms with Gasteiger partial charge in [0.1, 0.15) is 0 Å². The minimum Gasteiger partial charge on any atom is -0.147 e. The average molecular weight is 715 g/mol. The van der Waals surface area contributed by atoms with Gasteiger partial charge in [-0.2, -0.15) is 0 Å². The third-order valence-corrected chi connectivity index (χ3v) is 7.83. The van der Waals surface area contributed by atoms with Gasteiger partial charge in [0.2, 0.25) is 0 Å². The van der Waals surface area contributed by atoms with E-state index >= 15 is 0 Å². The summed E-state index contributed by atoms with van der Waals surface area (Å²) in [6.45, 7) is 18.2. The van der Waals surface area contributed by atoms with Gasteiger partial charge in [-0.05, 0) is 0 Å². The molecule has 0 aliphatic rings. The molecular weight excluding hydrogens is 622 g/mol. The minimum absolute atomic E-state index is 0. The molecule has 0 fully saturated rings. The standard InChI is InChI=1S/4C10H22.4ClH/c4*1-3-5-7-9-10-8-6-4-2;;;;/h4*3-10H2,1-2H3;4*1H. The highest BCUT2D eigenvalue weighted by molar-refractivity contribution is 5.86. The maximum Gasteiger partial charge on any atom is -0.0533 e. The predicted octanol–water partition coefficient (Wildman–Crippen LogP) is 18.3. The summed E-state index contributed by atoms with van der Waals surface area (Å²) in [4.78, 5) is 0. The molecule has 0 aliphatic carbocycles. The summed E-state index contributed by atoms with van der Waals surface area (Å²) in [6, 6.07) is 0. The van der Waals surface area contributed by atoms with Gasteiger partial charge in [0.25, 0.3) is 0 Å². The van der Waals surface area contributed by atoms with Crippen molar-refractivity contribution in [2.45, 2.75) is 261 Å². The third-order valence-electron chi connectivity index (χ3n) is 7.83. The maximum absolute atomic E-state index is 2.27. The summed E-state index contributed by atoms with van der Waals surface area (Å²) in [5.74, 6) is 0. The largest absolute Gasteiger partial charge is 0.147 e. The molecule has 0 spiro atoms. The van der Waals surface area contributed by atoms with Crippen LogP contribution < -0.4 is 0 Å². The first-order chi connectivity index (χ1) is 19.7. The molecule has 0 bridgehead atoms. The van der Waals surface area contributed by atoms with Crippen molar-refractivity contribution in [3.63, 3.8) is 0 Å². The third kappa shape index (κ3) is 90.2. The van der Waals surface area contributed by atoms with Crippen molar-refractivity contribution < 1.29 is 0 Å². The number of hydrogen-bond acceptors (Lipinski definition) is 0. The lowest BCUT2D eigenvalue weighted by atomic mass is 10.1. The summed E-state index contributed by atoms with van der Waals surface area (Å²) in [5.41, 5.74) is 0. The normalized spacial score (nSPS) is 9.27. The Kier molecular flexibility index (Phi) is 108. The molecular formula is C40H92Cl4. The lowest BCUT2D eigenvalue weighted by molar-refractivity contribution is 0.585. The van der Waals surface area contributed by atoms with Gasteiger partial charge in [-0.15, -0.1) is 49.6 Å². The van der Waals surface area contributed by atoms with E-state index in [0.29, 0.717) is 0 Å². The van der Waals surface area contributed by atoms with E-state index in [1.807, 2.05) is 0 Å². The number of rotatable bonds is 28. The highest BCUT2D eigenvalue weighted by Gasteiger charge is 1.90. The molecule has 0 heterocycles. The lowest BCUT2D eigenvalue weighted by Crippen LogP contribution is -1.77. The Morgan fingerprint density at radius 1 is 0.136 bits per heavy atom. The SMILES string of the molecule is CCCCCCCCCC.CCCCCCCCCC.CCCCCCCCCC.CCCCCCCCCC.Cl.Cl.Cl.Cl. The van der Waals surface area contributed by atoms with E-state index < -0.39 is 0 Å². The van der Waals surface area contributed by atoms with Crippen LogP contribution in [-0.2, 0) is 0 Å². The van der Waals surface area contributed by atoms with Crippen LogP contribution in [-0.4, -0.2) is 0 Å². The molecule has 0 saturated carbocycles. The summed E-state index contributed by atoms with van der Waals surface area (Å²) < 4.78 is 0. The molecule has 0 amide bonds. The highest BCUT2D eigenvalue weighted by atomic mass is 35.5. The van der Waals surface area contributed by atoms with Gasteiger partial charge in [-0.3, -0.25) is 0 Å². The zero-order valence-electron chi connectivity index (χ0n) is 32.3. The second-order valence-corrected chi connectivity index (χ2v) is 12.5. The van der Waals surface area contributed by atoms with Crippen LogP contribution in [0.3, 0.4) is 0 Å². The molecule has 0 aliphatic heterocycles. The molecule has 4 heteroatoms. The first kappa shape index (κ1) is 63.8. The summed E-state index contributed by atoms with van der Waals surface area (Å²) in [5, 5.41) is 0. The monoisotopic (exact) mass is 713 g/mol. The quantitative estimate of drug-likeness (QED) is 0.0708. The molecule has 0 aromatic carbocycles. The number of hydrogen-bond donors (Lipinski definition) is 0. The van der Waals surface area contributed by atoms with E-state index in [0.717, 1.165) is 0 Å². The van der Waals surface area contributed by atoms with Crippen LogP contribution in [0.1, 0.15) is 261 Å². The second kappa shape index (κ2) is 74.8. The van der Waals surface area contributed by atoms with Crippen LogP contribution in [0.2, 0.25) is 0 Å². The molecule has 0 aromatic heterocycles. The van der Waals surface area contributed by atoms with E-state index in [1.54, 1.807) is 0 Å². The van der Waals surface area contributed by atoms with E-state index in [9.17, 15) is 0 Å². The van der Waals surface area contributed by atoms with Crippen molar-refractivity contribution in [1.29, 1.82) is 0 Å². The van der Waals surface area contributed by atoms with Crippen LogP contribution in [0, 0.1) is 0 Å². The zero-order valence-corrected chi connectivity index (χ0v) is 35.5. The van der Waals surface area contributed by atoms with Crippen molar-refractivity contribution in [2.75, 3.05) is 0 Å². The van der Waals surface area contributed by atoms with Crippen LogP contribution >= 0.6 is 49.6 Å². The molecule has 0 radical (unpaired) electrons. The fraction of sp³-hybridized carbons (Fsp3) is 1.00. The van der Waals surface area contributed by atoms with Gasteiger partial charge in [-0.25, -0.2) is 0 Å². The van der Waals surface area contributed by atoms with Gasteiger partial charge in [0.15, 0.2) is 0 Å². The molecule has 44 heavy (non-hydrogen) atoms. The van der Waals surface area contributed by atoms with E-state index in [-0.39, 0.29) is 49.6 Å². The van der Waals surface area contributed by atoms with E-state index in [4.69, 9.17) is 0 Å². The van der Waals surface area contributed by atoms with Gasteiger partial charge in [0.05, 0.1) is 0 Å². The number of unbranched alkanes of at least 4 members (excludes halogenated alkanes) is 28. The molecule has 0 atom stereocenters. The van der Waals surface area contributed by atoms with Crippen LogP contribution in [0.15, 0.2) is 0 Å². The van der Waals surface area contributed by atoms with Crippen molar-refractivity contribution in [1.82, 2.24) is 0 Å².